The molecule has 0 radical (unpaired) electrons. The van der Waals surface area contributed by atoms with Crippen molar-refractivity contribution in [2.75, 3.05) is 32.9 Å². The first kappa shape index (κ1) is 15.0. The van der Waals surface area contributed by atoms with Gasteiger partial charge in [0.05, 0.1) is 0 Å². The highest BCUT2D eigenvalue weighted by Crippen LogP contribution is 2.25. The van der Waals surface area contributed by atoms with Crippen LogP contribution in [0.4, 0.5) is 0 Å². The van der Waals surface area contributed by atoms with Gasteiger partial charge in [0, 0.05) is 28.2 Å². The van der Waals surface area contributed by atoms with Crippen molar-refractivity contribution in [2.24, 2.45) is 0 Å². The molecule has 0 aliphatic carbocycles. The Hall–Kier alpha value is -0.0300. The third kappa shape index (κ3) is 5.91. The summed E-state index contributed by atoms with van der Waals surface area (Å²) in [5.41, 5.74) is 1.38. The lowest BCUT2D eigenvalue weighted by atomic mass is 10.2. The molecule has 0 unspecified atom stereocenters. The van der Waals surface area contributed by atoms with Crippen LogP contribution >= 0.6 is 27.7 Å². The first-order chi connectivity index (χ1) is 8.13. The summed E-state index contributed by atoms with van der Waals surface area (Å²) in [6.07, 6.45) is 0. The molecule has 0 bridgehead atoms. The Morgan fingerprint density at radius 1 is 1.35 bits per heavy atom. The van der Waals surface area contributed by atoms with Gasteiger partial charge in [0.25, 0.3) is 0 Å². The van der Waals surface area contributed by atoms with Crippen LogP contribution in [0, 0.1) is 0 Å². The van der Waals surface area contributed by atoms with Crippen LogP contribution in [0.25, 0.3) is 0 Å². The first-order valence-electron chi connectivity index (χ1n) is 5.90. The maximum absolute atomic E-state index is 3.53. The molecule has 0 spiro atoms. The number of hydrogen-bond donors (Lipinski definition) is 1. The summed E-state index contributed by atoms with van der Waals surface area (Å²) >= 11 is 5.47. The Balaban J connectivity index is 2.62. The Morgan fingerprint density at radius 2 is 2.12 bits per heavy atom. The molecule has 0 saturated heterocycles. The van der Waals surface area contributed by atoms with Gasteiger partial charge in [-0.2, -0.15) is 0 Å². The van der Waals surface area contributed by atoms with Crippen molar-refractivity contribution in [1.82, 2.24) is 10.2 Å². The van der Waals surface area contributed by atoms with Crippen molar-refractivity contribution in [3.8, 4) is 0 Å². The molecule has 0 atom stereocenters. The maximum atomic E-state index is 3.53. The van der Waals surface area contributed by atoms with Crippen LogP contribution in [0.3, 0.4) is 0 Å². The van der Waals surface area contributed by atoms with Gasteiger partial charge in [-0.1, -0.05) is 22.9 Å². The van der Waals surface area contributed by atoms with Gasteiger partial charge in [-0.05, 0) is 44.4 Å². The Labute approximate surface area is 117 Å². The zero-order valence-electron chi connectivity index (χ0n) is 10.8. The van der Waals surface area contributed by atoms with E-state index in [2.05, 4.69) is 65.4 Å². The van der Waals surface area contributed by atoms with Gasteiger partial charge in [0.15, 0.2) is 0 Å². The van der Waals surface area contributed by atoms with Gasteiger partial charge in [-0.3, -0.25) is 0 Å². The largest absolute Gasteiger partial charge is 0.313 e. The third-order valence-electron chi connectivity index (χ3n) is 2.38. The van der Waals surface area contributed by atoms with E-state index in [4.69, 9.17) is 0 Å². The number of benzene rings is 1. The molecule has 0 aromatic heterocycles. The van der Waals surface area contributed by atoms with Crippen molar-refractivity contribution < 1.29 is 0 Å². The summed E-state index contributed by atoms with van der Waals surface area (Å²) in [6.45, 7) is 5.20. The van der Waals surface area contributed by atoms with E-state index in [0.29, 0.717) is 0 Å². The fraction of sp³-hybridized carbons (Fsp3) is 0.538. The number of halogens is 1. The second-order valence-electron chi connectivity index (χ2n) is 4.18. The quantitative estimate of drug-likeness (QED) is 0.778. The summed E-state index contributed by atoms with van der Waals surface area (Å²) in [5, 5.41) is 3.39. The average molecular weight is 317 g/mol. The second kappa shape index (κ2) is 8.14. The molecule has 1 N–H and O–H groups in total. The van der Waals surface area contributed by atoms with Gasteiger partial charge in [0.1, 0.15) is 0 Å². The molecule has 96 valence electrons. The number of rotatable bonds is 7. The van der Waals surface area contributed by atoms with Gasteiger partial charge in [-0.15, -0.1) is 11.8 Å². The summed E-state index contributed by atoms with van der Waals surface area (Å²) in [4.78, 5) is 3.60. The van der Waals surface area contributed by atoms with E-state index in [1.807, 2.05) is 11.8 Å². The highest BCUT2D eigenvalue weighted by molar-refractivity contribution is 9.10. The molecular weight excluding hydrogens is 296 g/mol. The van der Waals surface area contributed by atoms with Crippen molar-refractivity contribution in [1.29, 1.82) is 0 Å². The third-order valence-corrected chi connectivity index (χ3v) is 3.97. The summed E-state index contributed by atoms with van der Waals surface area (Å²) in [7, 11) is 4.23. The second-order valence-corrected chi connectivity index (χ2v) is 6.24. The highest BCUT2D eigenvalue weighted by Gasteiger charge is 2.04. The molecule has 0 amide bonds. The van der Waals surface area contributed by atoms with Gasteiger partial charge in [0.2, 0.25) is 0 Å². The monoisotopic (exact) mass is 316 g/mol. The Bertz CT molecular complexity index is 342. The predicted molar refractivity (Wildman–Crippen MR) is 80.8 cm³/mol. The molecule has 1 aromatic carbocycles. The summed E-state index contributed by atoms with van der Waals surface area (Å²) < 4.78 is 1.15. The van der Waals surface area contributed by atoms with E-state index in [-0.39, 0.29) is 0 Å². The van der Waals surface area contributed by atoms with Crippen molar-refractivity contribution in [2.45, 2.75) is 18.4 Å². The lowest BCUT2D eigenvalue weighted by molar-refractivity contribution is 0.437. The van der Waals surface area contributed by atoms with E-state index in [1.54, 1.807) is 0 Å². The molecule has 0 fully saturated rings. The molecule has 0 aliphatic heterocycles. The van der Waals surface area contributed by atoms with Crippen molar-refractivity contribution in [3.05, 3.63) is 28.2 Å². The lowest BCUT2D eigenvalue weighted by Gasteiger charge is -2.12. The van der Waals surface area contributed by atoms with Crippen LogP contribution in [0.1, 0.15) is 12.5 Å². The zero-order valence-corrected chi connectivity index (χ0v) is 13.2. The summed E-state index contributed by atoms with van der Waals surface area (Å²) in [6, 6.07) is 6.53. The number of hydrogen-bond acceptors (Lipinski definition) is 3. The molecule has 1 aromatic rings. The molecule has 0 heterocycles. The van der Waals surface area contributed by atoms with Crippen LogP contribution in [0.15, 0.2) is 27.6 Å². The zero-order chi connectivity index (χ0) is 12.7. The van der Waals surface area contributed by atoms with Crippen LogP contribution in [-0.2, 0) is 6.54 Å². The van der Waals surface area contributed by atoms with E-state index in [9.17, 15) is 0 Å². The summed E-state index contributed by atoms with van der Waals surface area (Å²) in [5.74, 6) is 1.13. The van der Waals surface area contributed by atoms with Gasteiger partial charge >= 0.3 is 0 Å². The van der Waals surface area contributed by atoms with Crippen molar-refractivity contribution in [3.63, 3.8) is 0 Å². The van der Waals surface area contributed by atoms with E-state index < -0.39 is 0 Å². The minimum Gasteiger partial charge on any atom is -0.313 e. The number of nitrogens with zero attached hydrogens (tertiary/aromatic N) is 1. The molecule has 2 nitrogen and oxygen atoms in total. The first-order valence-corrected chi connectivity index (χ1v) is 7.68. The van der Waals surface area contributed by atoms with Crippen molar-refractivity contribution >= 4 is 27.7 Å². The van der Waals surface area contributed by atoms with Gasteiger partial charge < -0.3 is 10.2 Å². The molecule has 17 heavy (non-hydrogen) atoms. The van der Waals surface area contributed by atoms with Crippen LogP contribution < -0.4 is 5.32 Å². The molecule has 4 heteroatoms. The molecule has 1 rings (SSSR count). The Morgan fingerprint density at radius 3 is 2.76 bits per heavy atom. The normalized spacial score (nSPS) is 11.1. The minimum atomic E-state index is 0.945. The van der Waals surface area contributed by atoms with E-state index >= 15 is 0 Å². The highest BCUT2D eigenvalue weighted by atomic mass is 79.9. The van der Waals surface area contributed by atoms with Crippen LogP contribution in [0.2, 0.25) is 0 Å². The smallest absolute Gasteiger partial charge is 0.0216 e. The molecule has 0 aliphatic rings. The maximum Gasteiger partial charge on any atom is 0.0216 e. The average Bonchev–Trinajstić information content (AvgIpc) is 2.28. The molecule has 0 saturated carbocycles. The van der Waals surface area contributed by atoms with Crippen LogP contribution in [-0.4, -0.2) is 37.8 Å². The SMILES string of the molecule is CCNCc1cc(Br)ccc1SCCN(C)C. The fourth-order valence-corrected chi connectivity index (χ4v) is 2.99. The standard InChI is InChI=1S/C13H21BrN2S/c1-4-15-10-11-9-12(14)5-6-13(11)17-8-7-16(2)3/h5-6,9,15H,4,7-8,10H2,1-3H3. The predicted octanol–water partition coefficient (Wildman–Crippen LogP) is 3.21. The van der Waals surface area contributed by atoms with E-state index in [0.717, 1.165) is 29.9 Å². The van der Waals surface area contributed by atoms with Gasteiger partial charge in [-0.25, -0.2) is 0 Å². The topological polar surface area (TPSA) is 15.3 Å². The molecular formula is C13H21BrN2S. The number of nitrogens with one attached hydrogen (secondary N) is 1. The van der Waals surface area contributed by atoms with Crippen LogP contribution in [0.5, 0.6) is 0 Å². The Kier molecular flexibility index (Phi) is 7.19. The number of thioether (sulfide) groups is 1. The van der Waals surface area contributed by atoms with E-state index in [1.165, 1.54) is 10.5 Å². The lowest BCUT2D eigenvalue weighted by Crippen LogP contribution is -2.15. The fourth-order valence-electron chi connectivity index (χ4n) is 1.42. The minimum absolute atomic E-state index is 0.945.